The van der Waals surface area contributed by atoms with Crippen LogP contribution >= 0.6 is 0 Å². The minimum atomic E-state index is -0.463. The van der Waals surface area contributed by atoms with Crippen LogP contribution in [0.1, 0.15) is 34.1 Å². The molecule has 0 radical (unpaired) electrons. The second-order valence-electron chi connectivity index (χ2n) is 5.83. The normalized spacial score (nSPS) is 32.2. The van der Waals surface area contributed by atoms with Crippen LogP contribution in [0.15, 0.2) is 0 Å². The fourth-order valence-electron chi connectivity index (χ4n) is 2.75. The molecule has 0 N–H and O–H groups in total. The number of ketones is 1. The van der Waals surface area contributed by atoms with E-state index < -0.39 is 5.60 Å². The number of carbonyl (C=O) groups is 2. The van der Waals surface area contributed by atoms with Gasteiger partial charge in [0, 0.05) is 18.5 Å². The summed E-state index contributed by atoms with van der Waals surface area (Å²) in [7, 11) is 0. The molecule has 2 saturated heterocycles. The van der Waals surface area contributed by atoms with E-state index in [0.717, 1.165) is 6.42 Å². The van der Waals surface area contributed by atoms with Gasteiger partial charge in [-0.2, -0.15) is 0 Å². The van der Waals surface area contributed by atoms with E-state index in [0.29, 0.717) is 12.5 Å². The largest absolute Gasteiger partial charge is 0.444 e. The Balaban J connectivity index is 1.99. The van der Waals surface area contributed by atoms with Gasteiger partial charge in [-0.15, -0.1) is 0 Å². The van der Waals surface area contributed by atoms with E-state index in [1.54, 1.807) is 11.8 Å². The molecule has 0 aromatic heterocycles. The van der Waals surface area contributed by atoms with Crippen LogP contribution in [0.3, 0.4) is 0 Å². The molecule has 0 spiro atoms. The van der Waals surface area contributed by atoms with E-state index in [1.165, 1.54) is 0 Å². The van der Waals surface area contributed by atoms with Gasteiger partial charge in [-0.3, -0.25) is 4.79 Å². The molecule has 1 saturated carbocycles. The monoisotopic (exact) mass is 225 g/mol. The van der Waals surface area contributed by atoms with Crippen molar-refractivity contribution in [1.29, 1.82) is 0 Å². The van der Waals surface area contributed by atoms with E-state index in [4.69, 9.17) is 4.74 Å². The predicted molar refractivity (Wildman–Crippen MR) is 59.0 cm³/mol. The second-order valence-corrected chi connectivity index (χ2v) is 5.83. The van der Waals surface area contributed by atoms with E-state index >= 15 is 0 Å². The predicted octanol–water partition coefficient (Wildman–Crippen LogP) is 1.83. The van der Waals surface area contributed by atoms with E-state index in [2.05, 4.69) is 0 Å². The lowest BCUT2D eigenvalue weighted by Crippen LogP contribution is -2.45. The third kappa shape index (κ3) is 1.81. The summed E-state index contributed by atoms with van der Waals surface area (Å²) < 4.78 is 5.32. The van der Waals surface area contributed by atoms with E-state index in [-0.39, 0.29) is 23.8 Å². The molecule has 4 nitrogen and oxygen atoms in total. The number of fused-ring (bicyclic) bond motifs is 1. The maximum Gasteiger partial charge on any atom is 0.410 e. The van der Waals surface area contributed by atoms with Crippen LogP contribution in [0.25, 0.3) is 0 Å². The van der Waals surface area contributed by atoms with Gasteiger partial charge in [-0.1, -0.05) is 0 Å². The molecular weight excluding hydrogens is 206 g/mol. The number of ether oxygens (including phenoxy) is 1. The van der Waals surface area contributed by atoms with Crippen LogP contribution < -0.4 is 0 Å². The van der Waals surface area contributed by atoms with Crippen molar-refractivity contribution < 1.29 is 14.3 Å². The molecule has 2 heterocycles. The molecule has 0 aromatic rings. The van der Waals surface area contributed by atoms with Gasteiger partial charge in [-0.25, -0.2) is 4.79 Å². The first kappa shape index (κ1) is 11.4. The van der Waals surface area contributed by atoms with Crippen LogP contribution in [0, 0.1) is 11.8 Å². The van der Waals surface area contributed by atoms with Crippen LogP contribution in [0.2, 0.25) is 0 Å². The summed E-state index contributed by atoms with van der Waals surface area (Å²) in [4.78, 5) is 24.9. The molecule has 4 heteroatoms. The van der Waals surface area contributed by atoms with Gasteiger partial charge < -0.3 is 9.64 Å². The first-order valence-corrected chi connectivity index (χ1v) is 5.79. The first-order chi connectivity index (χ1) is 7.29. The maximum atomic E-state index is 11.9. The molecular formula is C12H19NO3. The molecule has 3 rings (SSSR count). The number of hydrogen-bond donors (Lipinski definition) is 0. The van der Waals surface area contributed by atoms with Crippen molar-refractivity contribution >= 4 is 11.9 Å². The molecule has 0 aromatic carbocycles. The van der Waals surface area contributed by atoms with E-state index in [9.17, 15) is 9.59 Å². The summed E-state index contributed by atoms with van der Waals surface area (Å²) in [6, 6.07) is 0.0948. The topological polar surface area (TPSA) is 46.6 Å². The van der Waals surface area contributed by atoms with Crippen molar-refractivity contribution in [2.24, 2.45) is 11.8 Å². The Morgan fingerprint density at radius 3 is 2.38 bits per heavy atom. The third-order valence-electron chi connectivity index (χ3n) is 3.40. The Kier molecular flexibility index (Phi) is 2.48. The van der Waals surface area contributed by atoms with Crippen molar-refractivity contribution in [3.8, 4) is 0 Å². The minimum absolute atomic E-state index is 0.0625. The molecule has 1 aliphatic carbocycles. The van der Waals surface area contributed by atoms with E-state index in [1.807, 2.05) is 20.8 Å². The Bertz CT molecular complexity index is 332. The molecule has 3 fully saturated rings. The summed E-state index contributed by atoms with van der Waals surface area (Å²) in [5.74, 6) is 0.634. The number of carbonyl (C=O) groups excluding carboxylic acids is 2. The summed E-state index contributed by atoms with van der Waals surface area (Å²) in [6.45, 7) is 7.86. The third-order valence-corrected chi connectivity index (χ3v) is 3.40. The zero-order valence-corrected chi connectivity index (χ0v) is 10.3. The lowest BCUT2D eigenvalue weighted by molar-refractivity contribution is -0.125. The number of Topliss-reactive ketones (excluding diaryl/α,β-unsaturated/α-hetero) is 1. The van der Waals surface area contributed by atoms with Gasteiger partial charge in [0.2, 0.25) is 0 Å². The highest BCUT2D eigenvalue weighted by Crippen LogP contribution is 2.47. The van der Waals surface area contributed by atoms with Crippen LogP contribution in [0.5, 0.6) is 0 Å². The maximum absolute atomic E-state index is 11.9. The fourth-order valence-corrected chi connectivity index (χ4v) is 2.75. The van der Waals surface area contributed by atoms with Crippen molar-refractivity contribution in [3.63, 3.8) is 0 Å². The molecule has 1 amide bonds. The summed E-state index contributed by atoms with van der Waals surface area (Å²) in [6.07, 6.45) is 0.687. The van der Waals surface area contributed by atoms with Crippen LogP contribution in [-0.2, 0) is 9.53 Å². The number of hydrogen-bond acceptors (Lipinski definition) is 3. The van der Waals surface area contributed by atoms with Crippen molar-refractivity contribution in [3.05, 3.63) is 0 Å². The van der Waals surface area contributed by atoms with Gasteiger partial charge in [0.25, 0.3) is 0 Å². The van der Waals surface area contributed by atoms with Crippen LogP contribution in [-0.4, -0.2) is 35.0 Å². The summed E-state index contributed by atoms with van der Waals surface area (Å²) >= 11 is 0. The number of amides is 1. The SMILES string of the molecule is CC(=O)[C@H]1[C@H]2C[C@@H]1N(C(=O)OC(C)(C)C)C2. The van der Waals surface area contributed by atoms with Crippen molar-refractivity contribution in [1.82, 2.24) is 4.90 Å². The van der Waals surface area contributed by atoms with Crippen LogP contribution in [0.4, 0.5) is 4.79 Å². The molecule has 2 bridgehead atoms. The summed E-state index contributed by atoms with van der Waals surface area (Å²) in [5.41, 5.74) is -0.463. The van der Waals surface area contributed by atoms with Gasteiger partial charge in [0.05, 0.1) is 0 Å². The van der Waals surface area contributed by atoms with Gasteiger partial charge in [0.1, 0.15) is 11.4 Å². The quantitative estimate of drug-likeness (QED) is 0.684. The Morgan fingerprint density at radius 2 is 1.94 bits per heavy atom. The Hall–Kier alpha value is -1.06. The molecule has 16 heavy (non-hydrogen) atoms. The van der Waals surface area contributed by atoms with Crippen molar-refractivity contribution in [2.75, 3.05) is 6.54 Å². The minimum Gasteiger partial charge on any atom is -0.444 e. The highest BCUT2D eigenvalue weighted by Gasteiger charge is 2.56. The highest BCUT2D eigenvalue weighted by atomic mass is 16.6. The smallest absolute Gasteiger partial charge is 0.410 e. The molecule has 3 aliphatic rings. The standard InChI is InChI=1S/C12H19NO3/c1-7(14)10-8-5-9(10)13(6-8)11(15)16-12(2,3)4/h8-10H,5-6H2,1-4H3/t8-,9-,10-/m0/s1. The second kappa shape index (κ2) is 3.47. The lowest BCUT2D eigenvalue weighted by atomic mass is 9.72. The molecule has 0 unspecified atom stereocenters. The van der Waals surface area contributed by atoms with Gasteiger partial charge in [-0.05, 0) is 40.0 Å². The first-order valence-electron chi connectivity index (χ1n) is 5.79. The Morgan fingerprint density at radius 1 is 1.31 bits per heavy atom. The van der Waals surface area contributed by atoms with Gasteiger partial charge in [0.15, 0.2) is 0 Å². The zero-order chi connectivity index (χ0) is 12.1. The average Bonchev–Trinajstić information content (AvgIpc) is 2.53. The number of nitrogens with zero attached hydrogens (tertiary/aromatic N) is 1. The highest BCUT2D eigenvalue weighted by molar-refractivity contribution is 5.83. The van der Waals surface area contributed by atoms with Crippen molar-refractivity contribution in [2.45, 2.75) is 45.8 Å². The lowest BCUT2D eigenvalue weighted by Gasteiger charge is -2.34. The zero-order valence-electron chi connectivity index (χ0n) is 10.3. The molecule has 90 valence electrons. The Labute approximate surface area is 95.9 Å². The van der Waals surface area contributed by atoms with Gasteiger partial charge >= 0.3 is 6.09 Å². The molecule has 3 atom stereocenters. The number of rotatable bonds is 1. The fraction of sp³-hybridized carbons (Fsp3) is 0.833. The summed E-state index contributed by atoms with van der Waals surface area (Å²) in [5, 5.41) is 0. The molecule has 2 aliphatic heterocycles. The average molecular weight is 225 g/mol.